The summed E-state index contributed by atoms with van der Waals surface area (Å²) in [7, 11) is 0. The highest BCUT2D eigenvalue weighted by atomic mass is 32.2. The third-order valence-electron chi connectivity index (χ3n) is 2.04. The van der Waals surface area contributed by atoms with Crippen molar-refractivity contribution in [2.24, 2.45) is 4.99 Å². The molecule has 0 bridgehead atoms. The van der Waals surface area contributed by atoms with Crippen LogP contribution in [-0.4, -0.2) is 16.4 Å². The maximum absolute atomic E-state index is 11.8. The number of hydrogen-bond donors (Lipinski definition) is 0. The average molecular weight is 276 g/mol. The average Bonchev–Trinajstić information content (AvgIpc) is 2.38. The minimum Gasteiger partial charge on any atom is -0.289 e. The second-order valence-electron chi connectivity index (χ2n) is 3.33. The number of aliphatic imine (C=N–C) groups is 1. The molecule has 1 aromatic carbocycles. The normalized spacial score (nSPS) is 11.5. The van der Waals surface area contributed by atoms with Crippen molar-refractivity contribution in [1.29, 1.82) is 5.26 Å². The van der Waals surface area contributed by atoms with Crippen molar-refractivity contribution in [2.45, 2.75) is 6.92 Å². The maximum Gasteiger partial charge on any atom is 0.207 e. The van der Waals surface area contributed by atoms with E-state index in [4.69, 9.17) is 5.26 Å². The van der Waals surface area contributed by atoms with Gasteiger partial charge in [-0.15, -0.1) is 11.8 Å². The standard InChI is InChI=1S/C13H12N2OS2/c1-10-3-5-11(6-4-10)12(16)7-8-18-13(17-2)15-9-14/h3-8H,1-2H3/b8-7+,15-13?. The maximum atomic E-state index is 11.8. The molecule has 3 nitrogen and oxygen atoms in total. The number of hydrogen-bond acceptors (Lipinski definition) is 5. The Morgan fingerprint density at radius 1 is 1.39 bits per heavy atom. The van der Waals surface area contributed by atoms with Crippen molar-refractivity contribution in [3.8, 4) is 6.19 Å². The third kappa shape index (κ3) is 4.78. The number of ketones is 1. The highest BCUT2D eigenvalue weighted by Crippen LogP contribution is 2.16. The SMILES string of the molecule is CSC(=NC#N)S/C=C/C(=O)c1ccc(C)cc1. The Morgan fingerprint density at radius 2 is 2.06 bits per heavy atom. The molecule has 0 aliphatic carbocycles. The summed E-state index contributed by atoms with van der Waals surface area (Å²) in [5.74, 6) is -0.0556. The van der Waals surface area contributed by atoms with Gasteiger partial charge in [-0.2, -0.15) is 10.3 Å². The van der Waals surface area contributed by atoms with Gasteiger partial charge in [0.2, 0.25) is 6.19 Å². The zero-order valence-electron chi connectivity index (χ0n) is 10.1. The number of thioether (sulfide) groups is 2. The lowest BCUT2D eigenvalue weighted by atomic mass is 10.1. The van der Waals surface area contributed by atoms with Gasteiger partial charge in [-0.05, 0) is 24.7 Å². The van der Waals surface area contributed by atoms with E-state index in [9.17, 15) is 4.79 Å². The molecule has 1 rings (SSSR count). The molecule has 0 radical (unpaired) electrons. The summed E-state index contributed by atoms with van der Waals surface area (Å²) >= 11 is 2.63. The van der Waals surface area contributed by atoms with E-state index >= 15 is 0 Å². The second-order valence-corrected chi connectivity index (χ2v) is 5.28. The van der Waals surface area contributed by atoms with Crippen LogP contribution in [0.5, 0.6) is 0 Å². The quantitative estimate of drug-likeness (QED) is 0.278. The van der Waals surface area contributed by atoms with Crippen molar-refractivity contribution in [3.05, 3.63) is 46.9 Å². The van der Waals surface area contributed by atoms with Gasteiger partial charge >= 0.3 is 0 Å². The molecule has 0 unspecified atom stereocenters. The smallest absolute Gasteiger partial charge is 0.207 e. The molecule has 92 valence electrons. The number of carbonyl (C=O) groups excluding carboxylic acids is 1. The molecule has 0 aromatic heterocycles. The van der Waals surface area contributed by atoms with Crippen molar-refractivity contribution >= 4 is 33.7 Å². The van der Waals surface area contributed by atoms with Crippen LogP contribution in [0.2, 0.25) is 0 Å². The molecule has 1 aromatic rings. The Bertz CT molecular complexity index is 513. The molecule has 0 spiro atoms. The summed E-state index contributed by atoms with van der Waals surface area (Å²) in [5.41, 5.74) is 1.77. The van der Waals surface area contributed by atoms with Crippen LogP contribution in [-0.2, 0) is 0 Å². The molecule has 5 heteroatoms. The van der Waals surface area contributed by atoms with Gasteiger partial charge in [0.05, 0.1) is 0 Å². The molecule has 0 aliphatic rings. The fourth-order valence-electron chi connectivity index (χ4n) is 1.13. The summed E-state index contributed by atoms with van der Waals surface area (Å²) in [5, 5.41) is 10.1. The molecular formula is C13H12N2OS2. The molecule has 0 N–H and O–H groups in total. The molecule has 0 saturated carbocycles. The highest BCUT2D eigenvalue weighted by Gasteiger charge is 2.01. The molecular weight excluding hydrogens is 264 g/mol. The van der Waals surface area contributed by atoms with Crippen molar-refractivity contribution < 1.29 is 4.79 Å². The zero-order valence-corrected chi connectivity index (χ0v) is 11.7. The lowest BCUT2D eigenvalue weighted by Gasteiger charge is -1.97. The fraction of sp³-hybridized carbons (Fsp3) is 0.154. The summed E-state index contributed by atoms with van der Waals surface area (Å²) in [6.07, 6.45) is 5.04. The van der Waals surface area contributed by atoms with Gasteiger partial charge in [0, 0.05) is 5.56 Å². The lowest BCUT2D eigenvalue weighted by Crippen LogP contribution is -1.93. The summed E-state index contributed by atoms with van der Waals surface area (Å²) in [6.45, 7) is 1.98. The molecule has 0 fully saturated rings. The fourth-order valence-corrected chi connectivity index (χ4v) is 2.21. The number of rotatable bonds is 3. The van der Waals surface area contributed by atoms with Crippen LogP contribution in [0.1, 0.15) is 15.9 Å². The second kappa shape index (κ2) is 7.75. The van der Waals surface area contributed by atoms with Gasteiger partial charge in [0.25, 0.3) is 0 Å². The van der Waals surface area contributed by atoms with Gasteiger partial charge in [-0.3, -0.25) is 4.79 Å². The van der Waals surface area contributed by atoms with Gasteiger partial charge in [0.1, 0.15) is 4.38 Å². The van der Waals surface area contributed by atoms with Crippen LogP contribution in [0.15, 0.2) is 40.7 Å². The van der Waals surface area contributed by atoms with Crippen LogP contribution in [0.3, 0.4) is 0 Å². The van der Waals surface area contributed by atoms with E-state index in [1.807, 2.05) is 25.3 Å². The number of aryl methyl sites for hydroxylation is 1. The van der Waals surface area contributed by atoms with E-state index in [0.717, 1.165) is 5.56 Å². The number of benzene rings is 1. The Morgan fingerprint density at radius 3 is 2.61 bits per heavy atom. The predicted octanol–water partition coefficient (Wildman–Crippen LogP) is 3.62. The Labute approximate surface area is 115 Å². The van der Waals surface area contributed by atoms with Crippen molar-refractivity contribution in [2.75, 3.05) is 6.26 Å². The van der Waals surface area contributed by atoms with E-state index in [1.54, 1.807) is 23.7 Å². The minimum atomic E-state index is -0.0556. The van der Waals surface area contributed by atoms with Crippen LogP contribution < -0.4 is 0 Å². The van der Waals surface area contributed by atoms with E-state index in [1.165, 1.54) is 29.6 Å². The Hall–Kier alpha value is -1.51. The summed E-state index contributed by atoms with van der Waals surface area (Å²) in [4.78, 5) is 15.4. The first-order valence-electron chi connectivity index (χ1n) is 5.12. The van der Waals surface area contributed by atoms with Gasteiger partial charge in [-0.1, -0.05) is 41.6 Å². The Balaban J connectivity index is 2.63. The van der Waals surface area contributed by atoms with Crippen LogP contribution >= 0.6 is 23.5 Å². The van der Waals surface area contributed by atoms with Crippen molar-refractivity contribution in [3.63, 3.8) is 0 Å². The summed E-state index contributed by atoms with van der Waals surface area (Å²) in [6, 6.07) is 7.40. The molecule has 0 saturated heterocycles. The number of carbonyl (C=O) groups is 1. The molecule has 18 heavy (non-hydrogen) atoms. The lowest BCUT2D eigenvalue weighted by molar-refractivity contribution is 0.104. The van der Waals surface area contributed by atoms with Crippen LogP contribution in [0.25, 0.3) is 0 Å². The van der Waals surface area contributed by atoms with Crippen LogP contribution in [0, 0.1) is 18.4 Å². The predicted molar refractivity (Wildman–Crippen MR) is 78.8 cm³/mol. The van der Waals surface area contributed by atoms with Crippen LogP contribution in [0.4, 0.5) is 0 Å². The van der Waals surface area contributed by atoms with E-state index < -0.39 is 0 Å². The van der Waals surface area contributed by atoms with Gasteiger partial charge in [0.15, 0.2) is 5.78 Å². The largest absolute Gasteiger partial charge is 0.289 e. The van der Waals surface area contributed by atoms with Crippen molar-refractivity contribution in [1.82, 2.24) is 0 Å². The molecule has 0 aliphatic heterocycles. The third-order valence-corrected chi connectivity index (χ3v) is 3.83. The summed E-state index contributed by atoms with van der Waals surface area (Å²) < 4.78 is 0.616. The number of nitriles is 1. The molecule has 0 heterocycles. The van der Waals surface area contributed by atoms with E-state index in [-0.39, 0.29) is 5.78 Å². The minimum absolute atomic E-state index is 0.0556. The Kier molecular flexibility index (Phi) is 6.26. The van der Waals surface area contributed by atoms with E-state index in [0.29, 0.717) is 9.94 Å². The first kappa shape index (κ1) is 14.6. The molecule has 0 amide bonds. The molecule has 0 atom stereocenters. The first-order valence-corrected chi connectivity index (χ1v) is 7.22. The zero-order chi connectivity index (χ0) is 13.4. The van der Waals surface area contributed by atoms with E-state index in [2.05, 4.69) is 4.99 Å². The highest BCUT2D eigenvalue weighted by molar-refractivity contribution is 8.39. The number of nitrogens with zero attached hydrogens (tertiary/aromatic N) is 2. The monoisotopic (exact) mass is 276 g/mol. The first-order chi connectivity index (χ1) is 8.67. The van der Waals surface area contributed by atoms with Gasteiger partial charge in [-0.25, -0.2) is 0 Å². The number of allylic oxidation sites excluding steroid dienone is 1. The topological polar surface area (TPSA) is 53.2 Å². The van der Waals surface area contributed by atoms with Gasteiger partial charge < -0.3 is 0 Å².